The number of carbonyl (C=O) groups excluding carboxylic acids is 1. The van der Waals surface area contributed by atoms with Gasteiger partial charge in [-0.3, -0.25) is 9.69 Å². The lowest BCUT2D eigenvalue weighted by Crippen LogP contribution is -2.30. The van der Waals surface area contributed by atoms with Gasteiger partial charge in [0, 0.05) is 31.6 Å². The Hall–Kier alpha value is -4.36. The van der Waals surface area contributed by atoms with Gasteiger partial charge in [0.05, 0.1) is 11.4 Å². The van der Waals surface area contributed by atoms with Crippen LogP contribution in [0, 0.1) is 0 Å². The molecule has 174 valence electrons. The Bertz CT molecular complexity index is 1490. The van der Waals surface area contributed by atoms with Gasteiger partial charge in [0.25, 0.3) is 5.91 Å². The van der Waals surface area contributed by atoms with Crippen molar-refractivity contribution < 1.29 is 9.53 Å². The van der Waals surface area contributed by atoms with E-state index in [0.29, 0.717) is 22.7 Å². The summed E-state index contributed by atoms with van der Waals surface area (Å²) in [6.07, 6.45) is 0.839. The van der Waals surface area contributed by atoms with Crippen molar-refractivity contribution in [3.63, 3.8) is 0 Å². The van der Waals surface area contributed by atoms with Crippen LogP contribution in [-0.2, 0) is 19.5 Å². The summed E-state index contributed by atoms with van der Waals surface area (Å²) in [6, 6.07) is 27.6. The molecule has 7 nitrogen and oxygen atoms in total. The molecule has 3 aromatic carbocycles. The maximum Gasteiger partial charge on any atom is 0.254 e. The van der Waals surface area contributed by atoms with Gasteiger partial charge in [-0.1, -0.05) is 48.5 Å². The number of hydrogen-bond donors (Lipinski definition) is 2. The third-order valence-corrected chi connectivity index (χ3v) is 6.41. The van der Waals surface area contributed by atoms with E-state index in [9.17, 15) is 4.79 Å². The Labute approximate surface area is 202 Å². The largest absolute Gasteiger partial charge is 0.457 e. The van der Waals surface area contributed by atoms with Gasteiger partial charge in [0.2, 0.25) is 0 Å². The molecule has 0 unspecified atom stereocenters. The number of amides is 1. The van der Waals surface area contributed by atoms with Crippen LogP contribution in [0.15, 0.2) is 84.9 Å². The molecule has 1 aliphatic rings. The number of para-hydroxylation sites is 1. The van der Waals surface area contributed by atoms with Crippen LogP contribution in [0.2, 0.25) is 0 Å². The van der Waals surface area contributed by atoms with Crippen LogP contribution in [0.5, 0.6) is 11.5 Å². The number of benzene rings is 3. The van der Waals surface area contributed by atoms with Crippen molar-refractivity contribution >= 4 is 11.6 Å². The van der Waals surface area contributed by atoms with Crippen LogP contribution in [0.4, 0.5) is 0 Å². The second kappa shape index (κ2) is 8.77. The molecule has 5 aromatic rings. The van der Waals surface area contributed by atoms with E-state index in [0.717, 1.165) is 48.8 Å². The van der Waals surface area contributed by atoms with Crippen LogP contribution in [-0.4, -0.2) is 31.9 Å². The Kier molecular flexibility index (Phi) is 5.31. The average molecular weight is 464 g/mol. The predicted molar refractivity (Wildman–Crippen MR) is 134 cm³/mol. The third kappa shape index (κ3) is 4.06. The molecular weight excluding hydrogens is 438 g/mol. The van der Waals surface area contributed by atoms with Gasteiger partial charge in [0.1, 0.15) is 28.4 Å². The molecule has 6 rings (SSSR count). The number of hydrogen-bond acceptors (Lipinski definition) is 4. The first-order chi connectivity index (χ1) is 17.2. The van der Waals surface area contributed by atoms with Crippen molar-refractivity contribution in [1.29, 1.82) is 0 Å². The van der Waals surface area contributed by atoms with Gasteiger partial charge in [-0.2, -0.15) is 5.10 Å². The topological polar surface area (TPSA) is 88.6 Å². The van der Waals surface area contributed by atoms with Gasteiger partial charge in [-0.25, -0.2) is 4.52 Å². The lowest BCUT2D eigenvalue weighted by Gasteiger charge is -2.26. The molecule has 0 atom stereocenters. The Morgan fingerprint density at radius 2 is 1.63 bits per heavy atom. The molecule has 2 aromatic heterocycles. The van der Waals surface area contributed by atoms with Crippen molar-refractivity contribution in [2.45, 2.75) is 19.5 Å². The minimum Gasteiger partial charge on any atom is -0.457 e. The molecule has 1 amide bonds. The van der Waals surface area contributed by atoms with Gasteiger partial charge in [-0.05, 0) is 42.0 Å². The summed E-state index contributed by atoms with van der Waals surface area (Å²) < 4.78 is 7.75. The number of aromatic nitrogens is 3. The molecule has 1 aliphatic heterocycles. The summed E-state index contributed by atoms with van der Waals surface area (Å²) in [5.41, 5.74) is 11.7. The number of aromatic amines is 1. The first-order valence-corrected chi connectivity index (χ1v) is 11.7. The number of imidazole rings is 1. The minimum absolute atomic E-state index is 0.408. The molecule has 3 heterocycles. The molecule has 7 heteroatoms. The molecule has 0 bridgehead atoms. The summed E-state index contributed by atoms with van der Waals surface area (Å²) in [6.45, 7) is 2.57. The van der Waals surface area contributed by atoms with Crippen LogP contribution in [0.25, 0.3) is 16.9 Å². The lowest BCUT2D eigenvalue weighted by molar-refractivity contribution is 0.100. The minimum atomic E-state index is -0.501. The van der Waals surface area contributed by atoms with E-state index in [2.05, 4.69) is 34.1 Å². The van der Waals surface area contributed by atoms with Crippen LogP contribution in [0.1, 0.15) is 27.3 Å². The van der Waals surface area contributed by atoms with Gasteiger partial charge in [0.15, 0.2) is 0 Å². The maximum atomic E-state index is 12.5. The molecule has 0 saturated heterocycles. The molecule has 0 saturated carbocycles. The zero-order chi connectivity index (χ0) is 23.8. The molecule has 35 heavy (non-hydrogen) atoms. The summed E-state index contributed by atoms with van der Waals surface area (Å²) in [5, 5.41) is 4.83. The number of nitrogens with two attached hydrogens (primary N) is 1. The highest BCUT2D eigenvalue weighted by atomic mass is 16.5. The fourth-order valence-electron chi connectivity index (χ4n) is 4.74. The fourth-order valence-corrected chi connectivity index (χ4v) is 4.74. The summed E-state index contributed by atoms with van der Waals surface area (Å²) in [7, 11) is 0. The highest BCUT2D eigenvalue weighted by molar-refractivity contribution is 6.04. The zero-order valence-electron chi connectivity index (χ0n) is 19.1. The smallest absolute Gasteiger partial charge is 0.254 e. The van der Waals surface area contributed by atoms with Gasteiger partial charge in [-0.15, -0.1) is 0 Å². The van der Waals surface area contributed by atoms with Gasteiger partial charge < -0.3 is 15.5 Å². The van der Waals surface area contributed by atoms with E-state index in [1.165, 1.54) is 5.56 Å². The number of fused-ring (bicyclic) bond motifs is 3. The molecule has 3 N–H and O–H groups in total. The number of nitrogens with zero attached hydrogens (tertiary/aromatic N) is 3. The first kappa shape index (κ1) is 21.2. The normalized spacial score (nSPS) is 13.6. The summed E-state index contributed by atoms with van der Waals surface area (Å²) in [5.74, 6) is 0.974. The van der Waals surface area contributed by atoms with Crippen molar-refractivity contribution in [3.05, 3.63) is 107 Å². The monoisotopic (exact) mass is 463 g/mol. The summed E-state index contributed by atoms with van der Waals surface area (Å²) in [4.78, 5) is 18.4. The van der Waals surface area contributed by atoms with E-state index in [-0.39, 0.29) is 0 Å². The van der Waals surface area contributed by atoms with E-state index in [1.54, 1.807) is 0 Å². The van der Waals surface area contributed by atoms with Crippen LogP contribution < -0.4 is 10.5 Å². The maximum absolute atomic E-state index is 12.5. The van der Waals surface area contributed by atoms with Crippen LogP contribution in [0.3, 0.4) is 0 Å². The summed E-state index contributed by atoms with van der Waals surface area (Å²) >= 11 is 0. The Balaban J connectivity index is 1.29. The number of H-pyrrole nitrogens is 1. The number of nitrogens with one attached hydrogen (secondary N) is 1. The number of ether oxygens (including phenoxy) is 1. The molecular formula is C28H25N5O2. The molecule has 0 radical (unpaired) electrons. The van der Waals surface area contributed by atoms with E-state index in [1.807, 2.05) is 65.2 Å². The SMILES string of the molecule is NC(=O)c1c(-c2ccc(Oc3ccccc3)cc2)nn2c3c([nH]c12)CN(Cc1ccccc1)CC3. The number of primary amides is 1. The Morgan fingerprint density at radius 1 is 0.943 bits per heavy atom. The predicted octanol–water partition coefficient (Wildman–Crippen LogP) is 4.78. The number of carbonyl (C=O) groups is 1. The van der Waals surface area contributed by atoms with Crippen molar-refractivity contribution in [2.24, 2.45) is 5.73 Å². The van der Waals surface area contributed by atoms with Crippen molar-refractivity contribution in [3.8, 4) is 22.8 Å². The Morgan fingerprint density at radius 3 is 2.34 bits per heavy atom. The average Bonchev–Trinajstić information content (AvgIpc) is 3.41. The van der Waals surface area contributed by atoms with Gasteiger partial charge >= 0.3 is 0 Å². The van der Waals surface area contributed by atoms with Crippen molar-refractivity contribution in [2.75, 3.05) is 6.54 Å². The van der Waals surface area contributed by atoms with Crippen LogP contribution >= 0.6 is 0 Å². The number of rotatable bonds is 6. The first-order valence-electron chi connectivity index (χ1n) is 11.7. The highest BCUT2D eigenvalue weighted by Gasteiger charge is 2.27. The van der Waals surface area contributed by atoms with Crippen molar-refractivity contribution in [1.82, 2.24) is 19.5 Å². The van der Waals surface area contributed by atoms with E-state index < -0.39 is 5.91 Å². The lowest BCUT2D eigenvalue weighted by atomic mass is 10.1. The van der Waals surface area contributed by atoms with E-state index in [4.69, 9.17) is 15.6 Å². The third-order valence-electron chi connectivity index (χ3n) is 6.41. The molecule has 0 fully saturated rings. The molecule has 0 spiro atoms. The second-order valence-corrected chi connectivity index (χ2v) is 8.78. The highest BCUT2D eigenvalue weighted by Crippen LogP contribution is 2.31. The standard InChI is InChI=1S/C28H25N5O2/c29-27(34)25-26(20-11-13-22(14-12-20)35-21-9-5-2-6-10-21)31-33-24-15-16-32(18-23(24)30-28(25)33)17-19-7-3-1-4-8-19/h1-14,30H,15-18H2,(H2,29,34). The zero-order valence-corrected chi connectivity index (χ0v) is 19.1. The second-order valence-electron chi connectivity index (χ2n) is 8.78. The molecule has 0 aliphatic carbocycles. The fraction of sp³-hybridized carbons (Fsp3) is 0.143. The van der Waals surface area contributed by atoms with E-state index >= 15 is 0 Å². The quantitative estimate of drug-likeness (QED) is 0.379.